The third-order valence-electron chi connectivity index (χ3n) is 4.98. The van der Waals surface area contributed by atoms with Gasteiger partial charge in [-0.25, -0.2) is 9.97 Å². The highest BCUT2D eigenvalue weighted by atomic mass is 16.1. The van der Waals surface area contributed by atoms with E-state index in [4.69, 9.17) is 0 Å². The van der Waals surface area contributed by atoms with Crippen molar-refractivity contribution < 1.29 is 4.79 Å². The molecule has 0 bridgehead atoms. The second kappa shape index (κ2) is 7.90. The van der Waals surface area contributed by atoms with Gasteiger partial charge in [-0.05, 0) is 24.7 Å². The maximum absolute atomic E-state index is 12.4. The fraction of sp³-hybridized carbons (Fsp3) is 0.333. The van der Waals surface area contributed by atoms with Gasteiger partial charge in [-0.15, -0.1) is 0 Å². The Hall–Kier alpha value is -2.70. The Balaban J connectivity index is 1.48. The predicted molar refractivity (Wildman–Crippen MR) is 105 cm³/mol. The van der Waals surface area contributed by atoms with E-state index in [0.717, 1.165) is 48.2 Å². The van der Waals surface area contributed by atoms with Crippen molar-refractivity contribution >= 4 is 16.7 Å². The summed E-state index contributed by atoms with van der Waals surface area (Å²) in [5.74, 6) is 0.757. The third kappa shape index (κ3) is 4.35. The summed E-state index contributed by atoms with van der Waals surface area (Å²) in [7, 11) is 2.11. The van der Waals surface area contributed by atoms with Crippen LogP contribution in [0.2, 0.25) is 0 Å². The van der Waals surface area contributed by atoms with Crippen LogP contribution in [0.4, 0.5) is 0 Å². The molecule has 1 aliphatic heterocycles. The molecule has 0 N–H and O–H groups in total. The molecule has 27 heavy (non-hydrogen) atoms. The molecule has 4 rings (SSSR count). The van der Waals surface area contributed by atoms with Crippen molar-refractivity contribution in [3.8, 4) is 11.1 Å². The third-order valence-corrected chi connectivity index (χ3v) is 4.98. The molecule has 1 fully saturated rings. The number of rotatable bonds is 5. The number of carbonyl (C=O) groups is 1. The van der Waals surface area contributed by atoms with Gasteiger partial charge in [-0.1, -0.05) is 18.2 Å². The van der Waals surface area contributed by atoms with E-state index < -0.39 is 0 Å². The number of carbonyl (C=O) groups excluding carboxylic acids is 1. The average molecular weight is 361 g/mol. The molecule has 6 nitrogen and oxygen atoms in total. The molecule has 0 spiro atoms. The van der Waals surface area contributed by atoms with Crippen LogP contribution in [0.25, 0.3) is 22.0 Å². The quantitative estimate of drug-likeness (QED) is 0.693. The molecule has 1 aromatic carbocycles. The molecule has 0 aliphatic carbocycles. The highest BCUT2D eigenvalue weighted by Crippen LogP contribution is 2.22. The summed E-state index contributed by atoms with van der Waals surface area (Å²) in [5, 5.41) is 0.970. The topological polar surface area (TPSA) is 62.2 Å². The first kappa shape index (κ1) is 17.7. The molecule has 1 aliphatic rings. The van der Waals surface area contributed by atoms with E-state index >= 15 is 0 Å². The highest BCUT2D eigenvalue weighted by molar-refractivity contribution is 5.85. The van der Waals surface area contributed by atoms with Gasteiger partial charge < -0.3 is 4.90 Å². The molecule has 3 aromatic rings. The molecule has 2 aromatic heterocycles. The number of piperazine rings is 1. The highest BCUT2D eigenvalue weighted by Gasteiger charge is 2.17. The van der Waals surface area contributed by atoms with Crippen molar-refractivity contribution in [1.82, 2.24) is 24.8 Å². The first-order chi connectivity index (χ1) is 13.2. The smallest absolute Gasteiger partial charge is 0.154 e. The summed E-state index contributed by atoms with van der Waals surface area (Å²) in [6.07, 6.45) is 5.67. The first-order valence-corrected chi connectivity index (χ1v) is 9.26. The van der Waals surface area contributed by atoms with E-state index in [1.807, 2.05) is 36.5 Å². The van der Waals surface area contributed by atoms with Crippen molar-refractivity contribution in [2.24, 2.45) is 0 Å². The van der Waals surface area contributed by atoms with Gasteiger partial charge in [0.25, 0.3) is 0 Å². The number of Topliss-reactive ketones (excluding diaryl/α,β-unsaturated/α-hetero) is 1. The number of hydrogen-bond donors (Lipinski definition) is 0. The average Bonchev–Trinajstić information content (AvgIpc) is 2.70. The number of ketones is 1. The predicted octanol–water partition coefficient (Wildman–Crippen LogP) is 2.05. The van der Waals surface area contributed by atoms with Gasteiger partial charge in [-0.3, -0.25) is 14.7 Å². The number of likely N-dealkylation sites (N-methyl/N-ethyl adjacent to an activating group) is 1. The molecule has 138 valence electrons. The van der Waals surface area contributed by atoms with E-state index in [2.05, 4.69) is 31.8 Å². The Bertz CT molecular complexity index is 936. The van der Waals surface area contributed by atoms with Crippen molar-refractivity contribution in [2.75, 3.05) is 39.8 Å². The molecular formula is C21H23N5O. The van der Waals surface area contributed by atoms with Crippen LogP contribution in [-0.2, 0) is 11.2 Å². The zero-order chi connectivity index (χ0) is 18.6. The summed E-state index contributed by atoms with van der Waals surface area (Å²) in [6.45, 7) is 4.38. The maximum atomic E-state index is 12.4. The molecule has 0 saturated carbocycles. The number of hydrogen-bond acceptors (Lipinski definition) is 6. The van der Waals surface area contributed by atoms with Gasteiger partial charge >= 0.3 is 0 Å². The number of aromatic nitrogens is 3. The Morgan fingerprint density at radius 3 is 2.70 bits per heavy atom. The van der Waals surface area contributed by atoms with E-state index in [1.54, 1.807) is 12.4 Å². The normalized spacial score (nSPS) is 15.9. The Kier molecular flexibility index (Phi) is 5.18. The summed E-state index contributed by atoms with van der Waals surface area (Å²) >= 11 is 0. The van der Waals surface area contributed by atoms with Gasteiger partial charge in [0.05, 0.1) is 18.5 Å². The lowest BCUT2D eigenvalue weighted by Gasteiger charge is -2.31. The zero-order valence-electron chi connectivity index (χ0n) is 15.5. The zero-order valence-corrected chi connectivity index (χ0v) is 15.5. The van der Waals surface area contributed by atoms with Crippen LogP contribution in [0, 0.1) is 0 Å². The number of pyridine rings is 1. The van der Waals surface area contributed by atoms with Crippen molar-refractivity contribution in [3.63, 3.8) is 0 Å². The van der Waals surface area contributed by atoms with E-state index in [1.165, 1.54) is 0 Å². The molecule has 0 radical (unpaired) electrons. The lowest BCUT2D eigenvalue weighted by Crippen LogP contribution is -2.46. The van der Waals surface area contributed by atoms with Gasteiger partial charge in [0.15, 0.2) is 5.78 Å². The molecular weight excluding hydrogens is 338 g/mol. The Labute approximate surface area is 158 Å². The number of fused-ring (bicyclic) bond motifs is 1. The second-order valence-electron chi connectivity index (χ2n) is 7.10. The monoisotopic (exact) mass is 361 g/mol. The second-order valence-corrected chi connectivity index (χ2v) is 7.10. The van der Waals surface area contributed by atoms with Crippen LogP contribution in [0.15, 0.2) is 48.9 Å². The van der Waals surface area contributed by atoms with Gasteiger partial charge in [-0.2, -0.15) is 0 Å². The molecule has 6 heteroatoms. The molecule has 0 unspecified atom stereocenters. The fourth-order valence-electron chi connectivity index (χ4n) is 3.35. The summed E-state index contributed by atoms with van der Waals surface area (Å²) in [4.78, 5) is 30.1. The lowest BCUT2D eigenvalue weighted by atomic mass is 10.1. The van der Waals surface area contributed by atoms with Crippen molar-refractivity contribution in [1.29, 1.82) is 0 Å². The Morgan fingerprint density at radius 1 is 1.07 bits per heavy atom. The van der Waals surface area contributed by atoms with Crippen LogP contribution in [0.1, 0.15) is 5.82 Å². The van der Waals surface area contributed by atoms with Gasteiger partial charge in [0.2, 0.25) is 0 Å². The minimum Gasteiger partial charge on any atom is -0.304 e. The van der Waals surface area contributed by atoms with Crippen molar-refractivity contribution in [3.05, 3.63) is 54.7 Å². The van der Waals surface area contributed by atoms with Crippen LogP contribution < -0.4 is 0 Å². The first-order valence-electron chi connectivity index (χ1n) is 9.26. The standard InChI is InChI=1S/C21H23N5O/c1-25-7-9-26(10-8-25)15-19(27)12-21-23-14-18-5-4-16(11-20(18)24-21)17-3-2-6-22-13-17/h2-6,11,13-14H,7-10,12,15H2,1H3. The molecule has 0 atom stereocenters. The van der Waals surface area contributed by atoms with Crippen LogP contribution >= 0.6 is 0 Å². The summed E-state index contributed by atoms with van der Waals surface area (Å²) < 4.78 is 0. The van der Waals surface area contributed by atoms with E-state index in [-0.39, 0.29) is 12.2 Å². The van der Waals surface area contributed by atoms with Crippen LogP contribution in [-0.4, -0.2) is 70.3 Å². The molecule has 1 saturated heterocycles. The molecule has 3 heterocycles. The van der Waals surface area contributed by atoms with Crippen LogP contribution in [0.5, 0.6) is 0 Å². The number of benzene rings is 1. The maximum Gasteiger partial charge on any atom is 0.154 e. The fourth-order valence-corrected chi connectivity index (χ4v) is 3.35. The SMILES string of the molecule is CN1CCN(CC(=O)Cc2ncc3ccc(-c4cccnc4)cc3n2)CC1. The largest absolute Gasteiger partial charge is 0.304 e. The lowest BCUT2D eigenvalue weighted by molar-refractivity contribution is -0.120. The minimum atomic E-state index is 0.169. The van der Waals surface area contributed by atoms with Gasteiger partial charge in [0.1, 0.15) is 5.82 Å². The Morgan fingerprint density at radius 2 is 1.93 bits per heavy atom. The van der Waals surface area contributed by atoms with E-state index in [9.17, 15) is 4.79 Å². The van der Waals surface area contributed by atoms with E-state index in [0.29, 0.717) is 12.4 Å². The van der Waals surface area contributed by atoms with Crippen molar-refractivity contribution in [2.45, 2.75) is 6.42 Å². The summed E-state index contributed by atoms with van der Waals surface area (Å²) in [5.41, 5.74) is 2.96. The number of nitrogens with zero attached hydrogens (tertiary/aromatic N) is 5. The minimum absolute atomic E-state index is 0.169. The van der Waals surface area contributed by atoms with Gasteiger partial charge in [0, 0.05) is 55.7 Å². The molecule has 0 amide bonds. The van der Waals surface area contributed by atoms with Crippen LogP contribution in [0.3, 0.4) is 0 Å². The summed E-state index contributed by atoms with van der Waals surface area (Å²) in [6, 6.07) is 10.0.